The Morgan fingerprint density at radius 2 is 2.56 bits per heavy atom. The first kappa shape index (κ1) is 11.5. The molecule has 0 aliphatic carbocycles. The predicted molar refractivity (Wildman–Crippen MR) is 60.9 cm³/mol. The summed E-state index contributed by atoms with van der Waals surface area (Å²) in [5.74, 6) is 1.45. The molecule has 16 heavy (non-hydrogen) atoms. The van der Waals surface area contributed by atoms with Crippen LogP contribution in [-0.4, -0.2) is 34.0 Å². The number of aryl methyl sites for hydroxylation is 1. The molecule has 0 saturated carbocycles. The molecule has 0 amide bonds. The number of rotatable bonds is 4. The molecule has 0 spiro atoms. The van der Waals surface area contributed by atoms with Gasteiger partial charge in [0.05, 0.1) is 6.61 Å². The minimum absolute atomic E-state index is 0.134. The van der Waals surface area contributed by atoms with Crippen molar-refractivity contribution in [2.45, 2.75) is 38.8 Å². The van der Waals surface area contributed by atoms with E-state index in [1.807, 2.05) is 4.68 Å². The zero-order valence-electron chi connectivity index (χ0n) is 9.80. The average molecular weight is 224 g/mol. The van der Waals surface area contributed by atoms with Gasteiger partial charge in [0.25, 0.3) is 0 Å². The maximum Gasteiger partial charge on any atom is 0.138 e. The SMILES string of the molecule is CCn1ncnc1CC(N)C1CCCOC1. The highest BCUT2D eigenvalue weighted by molar-refractivity contribution is 4.91. The topological polar surface area (TPSA) is 66.0 Å². The van der Waals surface area contributed by atoms with Crippen LogP contribution in [0.3, 0.4) is 0 Å². The van der Waals surface area contributed by atoms with E-state index in [-0.39, 0.29) is 6.04 Å². The molecule has 2 heterocycles. The van der Waals surface area contributed by atoms with Crippen LogP contribution in [0.5, 0.6) is 0 Å². The summed E-state index contributed by atoms with van der Waals surface area (Å²) >= 11 is 0. The van der Waals surface area contributed by atoms with Crippen LogP contribution in [0.4, 0.5) is 0 Å². The van der Waals surface area contributed by atoms with E-state index in [2.05, 4.69) is 17.0 Å². The minimum Gasteiger partial charge on any atom is -0.381 e. The Labute approximate surface area is 96.0 Å². The van der Waals surface area contributed by atoms with Crippen LogP contribution in [0.25, 0.3) is 0 Å². The standard InChI is InChI=1S/C11H20N4O/c1-2-15-11(13-8-14-15)6-10(12)9-4-3-5-16-7-9/h8-10H,2-7,12H2,1H3. The molecule has 0 bridgehead atoms. The van der Waals surface area contributed by atoms with Crippen LogP contribution in [0.1, 0.15) is 25.6 Å². The second kappa shape index (κ2) is 5.41. The fourth-order valence-corrected chi connectivity index (χ4v) is 2.19. The third-order valence-corrected chi connectivity index (χ3v) is 3.21. The summed E-state index contributed by atoms with van der Waals surface area (Å²) in [6.07, 6.45) is 4.69. The normalized spacial score (nSPS) is 23.2. The second-order valence-electron chi connectivity index (χ2n) is 4.34. The van der Waals surface area contributed by atoms with Crippen molar-refractivity contribution in [1.29, 1.82) is 0 Å². The van der Waals surface area contributed by atoms with Crippen LogP contribution < -0.4 is 5.73 Å². The highest BCUT2D eigenvalue weighted by atomic mass is 16.5. The lowest BCUT2D eigenvalue weighted by molar-refractivity contribution is 0.0446. The van der Waals surface area contributed by atoms with Gasteiger partial charge in [0.2, 0.25) is 0 Å². The van der Waals surface area contributed by atoms with E-state index in [9.17, 15) is 0 Å². The molecule has 2 atom stereocenters. The van der Waals surface area contributed by atoms with Gasteiger partial charge in [-0.3, -0.25) is 4.68 Å². The minimum atomic E-state index is 0.134. The van der Waals surface area contributed by atoms with Gasteiger partial charge >= 0.3 is 0 Å². The molecule has 1 aliphatic rings. The smallest absolute Gasteiger partial charge is 0.138 e. The molecule has 5 nitrogen and oxygen atoms in total. The van der Waals surface area contributed by atoms with E-state index in [0.29, 0.717) is 5.92 Å². The Morgan fingerprint density at radius 1 is 1.69 bits per heavy atom. The molecule has 2 N–H and O–H groups in total. The molecule has 0 radical (unpaired) electrons. The van der Waals surface area contributed by atoms with Gasteiger partial charge in [0.1, 0.15) is 12.2 Å². The van der Waals surface area contributed by atoms with Crippen molar-refractivity contribution in [1.82, 2.24) is 14.8 Å². The Morgan fingerprint density at radius 3 is 3.25 bits per heavy atom. The number of nitrogens with two attached hydrogens (primary N) is 1. The Bertz CT molecular complexity index is 320. The summed E-state index contributed by atoms with van der Waals surface area (Å²) in [5, 5.41) is 4.15. The van der Waals surface area contributed by atoms with Crippen molar-refractivity contribution in [3.63, 3.8) is 0 Å². The van der Waals surface area contributed by atoms with Crippen LogP contribution >= 0.6 is 0 Å². The maximum absolute atomic E-state index is 6.20. The molecule has 2 rings (SSSR count). The lowest BCUT2D eigenvalue weighted by Gasteiger charge is -2.27. The molecular weight excluding hydrogens is 204 g/mol. The van der Waals surface area contributed by atoms with Gasteiger partial charge < -0.3 is 10.5 Å². The van der Waals surface area contributed by atoms with E-state index >= 15 is 0 Å². The molecule has 1 aliphatic heterocycles. The summed E-state index contributed by atoms with van der Waals surface area (Å²) in [4.78, 5) is 4.25. The maximum atomic E-state index is 6.20. The van der Waals surface area contributed by atoms with Crippen molar-refractivity contribution < 1.29 is 4.74 Å². The monoisotopic (exact) mass is 224 g/mol. The fraction of sp³-hybridized carbons (Fsp3) is 0.818. The van der Waals surface area contributed by atoms with E-state index in [1.165, 1.54) is 6.42 Å². The first-order valence-corrected chi connectivity index (χ1v) is 6.01. The Hall–Kier alpha value is -0.940. The highest BCUT2D eigenvalue weighted by Crippen LogP contribution is 2.18. The van der Waals surface area contributed by atoms with Gasteiger partial charge in [0.15, 0.2) is 0 Å². The number of aromatic nitrogens is 3. The summed E-state index contributed by atoms with van der Waals surface area (Å²) in [6.45, 7) is 4.59. The van der Waals surface area contributed by atoms with Gasteiger partial charge in [0, 0.05) is 25.6 Å². The fourth-order valence-electron chi connectivity index (χ4n) is 2.19. The molecule has 1 saturated heterocycles. The number of nitrogens with zero attached hydrogens (tertiary/aromatic N) is 3. The van der Waals surface area contributed by atoms with Crippen LogP contribution in [-0.2, 0) is 17.7 Å². The van der Waals surface area contributed by atoms with Crippen LogP contribution in [0.15, 0.2) is 6.33 Å². The molecule has 0 aromatic carbocycles. The van der Waals surface area contributed by atoms with Gasteiger partial charge in [-0.15, -0.1) is 0 Å². The molecular formula is C11H20N4O. The summed E-state index contributed by atoms with van der Waals surface area (Å²) in [7, 11) is 0. The first-order chi connectivity index (χ1) is 7.81. The average Bonchev–Trinajstić information content (AvgIpc) is 2.77. The lowest BCUT2D eigenvalue weighted by Crippen LogP contribution is -2.38. The number of ether oxygens (including phenoxy) is 1. The predicted octanol–water partition coefficient (Wildman–Crippen LogP) is 0.594. The quantitative estimate of drug-likeness (QED) is 0.813. The Balaban J connectivity index is 1.93. The second-order valence-corrected chi connectivity index (χ2v) is 4.34. The zero-order chi connectivity index (χ0) is 11.4. The van der Waals surface area contributed by atoms with Crippen LogP contribution in [0, 0.1) is 5.92 Å². The number of hydrogen-bond donors (Lipinski definition) is 1. The van der Waals surface area contributed by atoms with E-state index in [4.69, 9.17) is 10.5 Å². The third-order valence-electron chi connectivity index (χ3n) is 3.21. The van der Waals surface area contributed by atoms with E-state index in [0.717, 1.165) is 38.4 Å². The highest BCUT2D eigenvalue weighted by Gasteiger charge is 2.22. The summed E-state index contributed by atoms with van der Waals surface area (Å²) < 4.78 is 7.36. The van der Waals surface area contributed by atoms with Gasteiger partial charge in [-0.25, -0.2) is 4.98 Å². The van der Waals surface area contributed by atoms with Crippen molar-refractivity contribution in [2.24, 2.45) is 11.7 Å². The van der Waals surface area contributed by atoms with Crippen molar-refractivity contribution in [3.8, 4) is 0 Å². The summed E-state index contributed by atoms with van der Waals surface area (Å²) in [6, 6.07) is 0.134. The molecule has 1 fully saturated rings. The molecule has 1 aromatic heterocycles. The largest absolute Gasteiger partial charge is 0.381 e. The van der Waals surface area contributed by atoms with Gasteiger partial charge in [-0.1, -0.05) is 0 Å². The third kappa shape index (κ3) is 2.59. The van der Waals surface area contributed by atoms with E-state index < -0.39 is 0 Å². The first-order valence-electron chi connectivity index (χ1n) is 6.01. The lowest BCUT2D eigenvalue weighted by atomic mass is 9.92. The number of hydrogen-bond acceptors (Lipinski definition) is 4. The van der Waals surface area contributed by atoms with E-state index in [1.54, 1.807) is 6.33 Å². The van der Waals surface area contributed by atoms with Gasteiger partial charge in [-0.2, -0.15) is 5.10 Å². The van der Waals surface area contributed by atoms with Crippen molar-refractivity contribution in [3.05, 3.63) is 12.2 Å². The molecule has 5 heteroatoms. The van der Waals surface area contributed by atoms with Crippen LogP contribution in [0.2, 0.25) is 0 Å². The zero-order valence-corrected chi connectivity index (χ0v) is 9.80. The molecule has 1 aromatic rings. The van der Waals surface area contributed by atoms with Crippen molar-refractivity contribution in [2.75, 3.05) is 13.2 Å². The summed E-state index contributed by atoms with van der Waals surface area (Å²) in [5.41, 5.74) is 6.20. The molecule has 90 valence electrons. The van der Waals surface area contributed by atoms with Crippen molar-refractivity contribution >= 4 is 0 Å². The Kier molecular flexibility index (Phi) is 3.90. The van der Waals surface area contributed by atoms with Gasteiger partial charge in [-0.05, 0) is 25.7 Å². The molecule has 2 unspecified atom stereocenters.